The van der Waals surface area contributed by atoms with Gasteiger partial charge in [-0.15, -0.1) is 0 Å². The van der Waals surface area contributed by atoms with Crippen molar-refractivity contribution in [2.75, 3.05) is 12.4 Å². The molecule has 0 unspecified atom stereocenters. The Morgan fingerprint density at radius 2 is 2.06 bits per heavy atom. The van der Waals surface area contributed by atoms with Gasteiger partial charge in [0.25, 0.3) is 0 Å². The highest BCUT2D eigenvalue weighted by Crippen LogP contribution is 2.44. The number of benzene rings is 1. The van der Waals surface area contributed by atoms with Crippen LogP contribution in [0.2, 0.25) is 0 Å². The second-order valence-corrected chi connectivity index (χ2v) is 4.79. The molecular formula is C12H11N3OS. The lowest BCUT2D eigenvalue weighted by Gasteiger charge is -2.20. The van der Waals surface area contributed by atoms with Gasteiger partial charge in [0.1, 0.15) is 10.8 Å². The molecule has 2 aromatic rings. The molecule has 0 amide bonds. The summed E-state index contributed by atoms with van der Waals surface area (Å²) in [7, 11) is 1.68. The van der Waals surface area contributed by atoms with Crippen LogP contribution in [0.1, 0.15) is 5.56 Å². The molecule has 1 aromatic carbocycles. The van der Waals surface area contributed by atoms with Gasteiger partial charge < -0.3 is 10.1 Å². The Hall–Kier alpha value is -1.75. The van der Waals surface area contributed by atoms with Crippen LogP contribution in [0.25, 0.3) is 0 Å². The number of anilines is 2. The molecule has 0 saturated heterocycles. The number of aromatic nitrogens is 2. The van der Waals surface area contributed by atoms with E-state index in [1.807, 2.05) is 13.0 Å². The zero-order valence-corrected chi connectivity index (χ0v) is 10.3. The van der Waals surface area contributed by atoms with Crippen LogP contribution in [0.15, 0.2) is 34.4 Å². The van der Waals surface area contributed by atoms with Crippen LogP contribution in [0.3, 0.4) is 0 Å². The second-order valence-electron chi connectivity index (χ2n) is 3.76. The quantitative estimate of drug-likeness (QED) is 0.714. The summed E-state index contributed by atoms with van der Waals surface area (Å²) in [5.74, 6) is 1.71. The maximum atomic E-state index is 5.32. The van der Waals surface area contributed by atoms with E-state index in [1.54, 1.807) is 31.3 Å². The SMILES string of the molecule is COc1cc2c(cc1C)Nc1nccnc1S2. The van der Waals surface area contributed by atoms with Crippen LogP contribution in [0.5, 0.6) is 5.75 Å². The van der Waals surface area contributed by atoms with Crippen LogP contribution < -0.4 is 10.1 Å². The number of hydrogen-bond acceptors (Lipinski definition) is 5. The molecule has 5 heteroatoms. The van der Waals surface area contributed by atoms with E-state index < -0.39 is 0 Å². The molecule has 2 heterocycles. The molecule has 0 fully saturated rings. The summed E-state index contributed by atoms with van der Waals surface area (Å²) < 4.78 is 5.32. The number of ether oxygens (including phenoxy) is 1. The minimum absolute atomic E-state index is 0.814. The molecule has 1 aromatic heterocycles. The highest BCUT2D eigenvalue weighted by atomic mass is 32.2. The van der Waals surface area contributed by atoms with Crippen LogP contribution in [-0.4, -0.2) is 17.1 Å². The van der Waals surface area contributed by atoms with E-state index in [0.29, 0.717) is 0 Å². The van der Waals surface area contributed by atoms with E-state index in [4.69, 9.17) is 4.74 Å². The topological polar surface area (TPSA) is 47.0 Å². The lowest BCUT2D eigenvalue weighted by molar-refractivity contribution is 0.410. The summed E-state index contributed by atoms with van der Waals surface area (Å²) in [6, 6.07) is 4.10. The minimum Gasteiger partial charge on any atom is -0.496 e. The standard InChI is InChI=1S/C12H11N3OS/c1-7-5-8-10(6-9(7)16-2)17-12-11(15-8)13-3-4-14-12/h3-6H,1-2H3,(H,13,15). The first kappa shape index (κ1) is 10.4. The number of hydrogen-bond donors (Lipinski definition) is 1. The van der Waals surface area contributed by atoms with Gasteiger partial charge in [0.05, 0.1) is 12.8 Å². The van der Waals surface area contributed by atoms with Crippen LogP contribution in [0.4, 0.5) is 11.5 Å². The average molecular weight is 245 g/mol. The molecule has 3 rings (SSSR count). The van der Waals surface area contributed by atoms with Crippen LogP contribution in [0, 0.1) is 6.92 Å². The molecule has 0 radical (unpaired) electrons. The fraction of sp³-hybridized carbons (Fsp3) is 0.167. The Morgan fingerprint density at radius 1 is 1.24 bits per heavy atom. The summed E-state index contributed by atoms with van der Waals surface area (Å²) in [4.78, 5) is 9.67. The summed E-state index contributed by atoms with van der Waals surface area (Å²) in [6.45, 7) is 2.03. The Balaban J connectivity index is 2.09. The van der Waals surface area contributed by atoms with Gasteiger partial charge in [0, 0.05) is 17.3 Å². The number of rotatable bonds is 1. The van der Waals surface area contributed by atoms with E-state index in [1.165, 1.54) is 0 Å². The van der Waals surface area contributed by atoms with Crippen molar-refractivity contribution in [1.29, 1.82) is 0 Å². The fourth-order valence-corrected chi connectivity index (χ4v) is 2.70. The third-order valence-electron chi connectivity index (χ3n) is 2.62. The molecule has 1 N–H and O–H groups in total. The first-order valence-electron chi connectivity index (χ1n) is 5.22. The number of nitrogens with zero attached hydrogens (tertiary/aromatic N) is 2. The van der Waals surface area contributed by atoms with Gasteiger partial charge in [0.2, 0.25) is 0 Å². The molecule has 1 aliphatic heterocycles. The van der Waals surface area contributed by atoms with Crippen molar-refractivity contribution in [3.63, 3.8) is 0 Å². The molecule has 0 atom stereocenters. The van der Waals surface area contributed by atoms with Crippen molar-refractivity contribution in [2.24, 2.45) is 0 Å². The van der Waals surface area contributed by atoms with Gasteiger partial charge in [-0.3, -0.25) is 0 Å². The maximum Gasteiger partial charge on any atom is 0.163 e. The first-order chi connectivity index (χ1) is 8.28. The molecular weight excluding hydrogens is 234 g/mol. The summed E-state index contributed by atoms with van der Waals surface area (Å²) in [6.07, 6.45) is 3.39. The third kappa shape index (κ3) is 1.72. The maximum absolute atomic E-state index is 5.32. The van der Waals surface area contributed by atoms with Gasteiger partial charge in [-0.1, -0.05) is 11.8 Å². The zero-order valence-electron chi connectivity index (χ0n) is 9.52. The van der Waals surface area contributed by atoms with Crippen molar-refractivity contribution < 1.29 is 4.74 Å². The molecule has 0 aliphatic carbocycles. The monoisotopic (exact) mass is 245 g/mol. The van der Waals surface area contributed by atoms with Gasteiger partial charge >= 0.3 is 0 Å². The summed E-state index contributed by atoms with van der Waals surface area (Å²) in [5, 5.41) is 4.18. The summed E-state index contributed by atoms with van der Waals surface area (Å²) >= 11 is 1.60. The Bertz CT molecular complexity index is 586. The smallest absolute Gasteiger partial charge is 0.163 e. The first-order valence-corrected chi connectivity index (χ1v) is 6.04. The van der Waals surface area contributed by atoms with Gasteiger partial charge in [-0.2, -0.15) is 0 Å². The van der Waals surface area contributed by atoms with Crippen molar-refractivity contribution >= 4 is 23.3 Å². The van der Waals surface area contributed by atoms with Crippen molar-refractivity contribution in [2.45, 2.75) is 16.8 Å². The fourth-order valence-electron chi connectivity index (χ4n) is 1.79. The van der Waals surface area contributed by atoms with E-state index in [-0.39, 0.29) is 0 Å². The lowest BCUT2D eigenvalue weighted by atomic mass is 10.2. The molecule has 0 spiro atoms. The highest BCUT2D eigenvalue weighted by Gasteiger charge is 2.19. The van der Waals surface area contributed by atoms with E-state index >= 15 is 0 Å². The summed E-state index contributed by atoms with van der Waals surface area (Å²) in [5.41, 5.74) is 2.16. The Kier molecular flexibility index (Phi) is 2.40. The zero-order chi connectivity index (χ0) is 11.8. The van der Waals surface area contributed by atoms with E-state index in [9.17, 15) is 0 Å². The van der Waals surface area contributed by atoms with E-state index in [0.717, 1.165) is 32.7 Å². The molecule has 4 nitrogen and oxygen atoms in total. The van der Waals surface area contributed by atoms with Crippen molar-refractivity contribution in [3.05, 3.63) is 30.1 Å². The Morgan fingerprint density at radius 3 is 2.88 bits per heavy atom. The van der Waals surface area contributed by atoms with Gasteiger partial charge in [-0.25, -0.2) is 9.97 Å². The molecule has 0 saturated carbocycles. The predicted octanol–water partition coefficient (Wildman–Crippen LogP) is 3.00. The second kappa shape index (κ2) is 3.92. The minimum atomic E-state index is 0.814. The number of aryl methyl sites for hydroxylation is 1. The predicted molar refractivity (Wildman–Crippen MR) is 67.2 cm³/mol. The lowest BCUT2D eigenvalue weighted by Crippen LogP contribution is -2.04. The molecule has 0 bridgehead atoms. The molecule has 1 aliphatic rings. The van der Waals surface area contributed by atoms with Gasteiger partial charge in [-0.05, 0) is 24.6 Å². The van der Waals surface area contributed by atoms with E-state index in [2.05, 4.69) is 21.4 Å². The van der Waals surface area contributed by atoms with Crippen molar-refractivity contribution in [3.8, 4) is 5.75 Å². The number of methoxy groups -OCH3 is 1. The van der Waals surface area contributed by atoms with Crippen LogP contribution >= 0.6 is 11.8 Å². The molecule has 86 valence electrons. The normalized spacial score (nSPS) is 12.4. The van der Waals surface area contributed by atoms with Gasteiger partial charge in [0.15, 0.2) is 5.82 Å². The third-order valence-corrected chi connectivity index (χ3v) is 3.67. The number of fused-ring (bicyclic) bond motifs is 2. The number of nitrogens with one attached hydrogen (secondary N) is 1. The average Bonchev–Trinajstić information content (AvgIpc) is 2.35. The van der Waals surface area contributed by atoms with Crippen molar-refractivity contribution in [1.82, 2.24) is 9.97 Å². The highest BCUT2D eigenvalue weighted by molar-refractivity contribution is 7.99. The largest absolute Gasteiger partial charge is 0.496 e. The Labute approximate surface area is 103 Å². The molecule has 17 heavy (non-hydrogen) atoms. The van der Waals surface area contributed by atoms with Crippen LogP contribution in [-0.2, 0) is 0 Å².